The van der Waals surface area contributed by atoms with E-state index in [1.165, 1.54) is 36.3 Å². The fourth-order valence-corrected chi connectivity index (χ4v) is 4.19. The van der Waals surface area contributed by atoms with Gasteiger partial charge < -0.3 is 24.0 Å². The summed E-state index contributed by atoms with van der Waals surface area (Å²) >= 11 is 0. The van der Waals surface area contributed by atoms with Crippen LogP contribution in [-0.2, 0) is 16.1 Å². The first-order valence-corrected chi connectivity index (χ1v) is 11.3. The number of carbonyl (C=O) groups excluding carboxylic acids is 2. The van der Waals surface area contributed by atoms with Crippen LogP contribution in [0.25, 0.3) is 5.76 Å². The van der Waals surface area contributed by atoms with E-state index in [-0.39, 0.29) is 23.4 Å². The highest BCUT2D eigenvalue weighted by atomic mass is 19.1. The highest BCUT2D eigenvalue weighted by Gasteiger charge is 2.46. The third-order valence-electron chi connectivity index (χ3n) is 5.84. The fraction of sp³-hybridized carbons (Fsp3) is 0.269. The number of aliphatic hydroxyl groups excluding tert-OH is 1. The summed E-state index contributed by atoms with van der Waals surface area (Å²) in [5, 5.41) is 11.1. The second kappa shape index (κ2) is 10.4. The smallest absolute Gasteiger partial charge is 0.295 e. The number of aromatic nitrogens is 2. The fourth-order valence-electron chi connectivity index (χ4n) is 4.19. The van der Waals surface area contributed by atoms with E-state index in [1.807, 2.05) is 17.7 Å². The Balaban J connectivity index is 1.77. The largest absolute Gasteiger partial charge is 0.507 e. The van der Waals surface area contributed by atoms with E-state index < -0.39 is 23.5 Å². The maximum atomic E-state index is 13.5. The minimum Gasteiger partial charge on any atom is -0.507 e. The zero-order valence-corrected chi connectivity index (χ0v) is 19.5. The number of aryl methyl sites for hydroxylation is 1. The molecule has 0 aliphatic carbocycles. The number of hydrogen-bond donors (Lipinski definition) is 1. The molecular formula is C26H26FN3O5. The molecule has 8 nitrogen and oxygen atoms in total. The molecule has 1 amide bonds. The molecule has 1 aromatic heterocycles. The number of benzene rings is 2. The molecule has 1 fully saturated rings. The van der Waals surface area contributed by atoms with Crippen LogP contribution < -0.4 is 9.47 Å². The molecule has 1 N–H and O–H groups in total. The van der Waals surface area contributed by atoms with Crippen molar-refractivity contribution < 1.29 is 28.6 Å². The topological polar surface area (TPSA) is 93.9 Å². The average Bonchev–Trinajstić information content (AvgIpc) is 3.47. The predicted molar refractivity (Wildman–Crippen MR) is 126 cm³/mol. The van der Waals surface area contributed by atoms with Gasteiger partial charge in [-0.2, -0.15) is 0 Å². The average molecular weight is 480 g/mol. The maximum Gasteiger partial charge on any atom is 0.295 e. The number of hydrogen-bond acceptors (Lipinski definition) is 6. The van der Waals surface area contributed by atoms with Gasteiger partial charge in [-0.1, -0.05) is 6.07 Å². The van der Waals surface area contributed by atoms with Gasteiger partial charge in [0, 0.05) is 31.0 Å². The third kappa shape index (κ3) is 4.89. The van der Waals surface area contributed by atoms with Gasteiger partial charge in [0.2, 0.25) is 0 Å². The van der Waals surface area contributed by atoms with E-state index in [9.17, 15) is 19.1 Å². The number of rotatable bonds is 9. The summed E-state index contributed by atoms with van der Waals surface area (Å²) in [5.74, 6) is -1.39. The van der Waals surface area contributed by atoms with Crippen LogP contribution in [0.15, 0.2) is 66.8 Å². The number of carbonyl (C=O) groups is 2. The summed E-state index contributed by atoms with van der Waals surface area (Å²) in [7, 11) is 1.50. The first-order valence-electron chi connectivity index (χ1n) is 11.3. The normalized spacial score (nSPS) is 17.1. The minimum atomic E-state index is -0.854. The molecule has 35 heavy (non-hydrogen) atoms. The highest BCUT2D eigenvalue weighted by molar-refractivity contribution is 6.46. The summed E-state index contributed by atoms with van der Waals surface area (Å²) in [6, 6.07) is 9.40. The number of amides is 1. The van der Waals surface area contributed by atoms with Gasteiger partial charge in [0.1, 0.15) is 11.6 Å². The lowest BCUT2D eigenvalue weighted by molar-refractivity contribution is -0.139. The molecule has 182 valence electrons. The molecule has 4 rings (SSSR count). The van der Waals surface area contributed by atoms with Crippen LogP contribution in [0.3, 0.4) is 0 Å². The van der Waals surface area contributed by atoms with E-state index in [1.54, 1.807) is 30.7 Å². The Kier molecular flexibility index (Phi) is 7.14. The monoisotopic (exact) mass is 479 g/mol. The summed E-state index contributed by atoms with van der Waals surface area (Å²) in [6.07, 6.45) is 5.72. The van der Waals surface area contributed by atoms with Crippen LogP contribution in [0, 0.1) is 5.82 Å². The molecule has 9 heteroatoms. The van der Waals surface area contributed by atoms with E-state index in [2.05, 4.69) is 4.98 Å². The molecule has 1 saturated heterocycles. The van der Waals surface area contributed by atoms with Gasteiger partial charge in [-0.3, -0.25) is 9.59 Å². The molecule has 0 bridgehead atoms. The Morgan fingerprint density at radius 3 is 2.54 bits per heavy atom. The van der Waals surface area contributed by atoms with Crippen molar-refractivity contribution in [1.82, 2.24) is 14.5 Å². The Morgan fingerprint density at radius 2 is 1.89 bits per heavy atom. The quantitative estimate of drug-likeness (QED) is 0.284. The van der Waals surface area contributed by atoms with Crippen molar-refractivity contribution >= 4 is 17.4 Å². The Labute approximate surface area is 202 Å². The molecule has 1 atom stereocenters. The van der Waals surface area contributed by atoms with Gasteiger partial charge in [0.15, 0.2) is 11.5 Å². The number of imidazole rings is 1. The number of likely N-dealkylation sites (tertiary alicyclic amines) is 1. The lowest BCUT2D eigenvalue weighted by Crippen LogP contribution is -2.31. The molecule has 2 aromatic carbocycles. The number of nitrogens with zero attached hydrogens (tertiary/aromatic N) is 3. The molecule has 0 unspecified atom stereocenters. The van der Waals surface area contributed by atoms with Crippen LogP contribution in [0.1, 0.15) is 30.5 Å². The molecule has 1 aliphatic rings. The number of methoxy groups -OCH3 is 1. The minimum absolute atomic E-state index is 0.0598. The van der Waals surface area contributed by atoms with E-state index in [4.69, 9.17) is 9.47 Å². The van der Waals surface area contributed by atoms with Crippen LogP contribution in [0.4, 0.5) is 4.39 Å². The van der Waals surface area contributed by atoms with Crippen LogP contribution in [0.2, 0.25) is 0 Å². The van der Waals surface area contributed by atoms with Gasteiger partial charge in [0.05, 0.1) is 31.7 Å². The van der Waals surface area contributed by atoms with E-state index in [0.717, 1.165) is 0 Å². The Bertz CT molecular complexity index is 1240. The molecule has 0 radical (unpaired) electrons. The second-order valence-electron chi connectivity index (χ2n) is 8.00. The Hall–Kier alpha value is -4.14. The van der Waals surface area contributed by atoms with Crippen molar-refractivity contribution in [2.45, 2.75) is 25.9 Å². The summed E-state index contributed by atoms with van der Waals surface area (Å²) in [4.78, 5) is 31.7. The zero-order chi connectivity index (χ0) is 24.9. The van der Waals surface area contributed by atoms with E-state index in [0.29, 0.717) is 36.6 Å². The van der Waals surface area contributed by atoms with Crippen molar-refractivity contribution in [3.63, 3.8) is 0 Å². The third-order valence-corrected chi connectivity index (χ3v) is 5.84. The van der Waals surface area contributed by atoms with Crippen molar-refractivity contribution in [2.75, 3.05) is 20.3 Å². The van der Waals surface area contributed by atoms with Gasteiger partial charge >= 0.3 is 0 Å². The predicted octanol–water partition coefficient (Wildman–Crippen LogP) is 3.94. The number of ether oxygens (including phenoxy) is 2. The summed E-state index contributed by atoms with van der Waals surface area (Å²) in [6.45, 7) is 3.15. The van der Waals surface area contributed by atoms with Crippen LogP contribution in [-0.4, -0.2) is 51.5 Å². The lowest BCUT2D eigenvalue weighted by Gasteiger charge is -2.26. The van der Waals surface area contributed by atoms with E-state index >= 15 is 0 Å². The first kappa shape index (κ1) is 24.0. The number of Topliss-reactive ketones (excluding diaryl/α,β-unsaturated/α-hetero) is 1. The highest BCUT2D eigenvalue weighted by Crippen LogP contribution is 2.42. The number of halogens is 1. The molecule has 0 saturated carbocycles. The van der Waals surface area contributed by atoms with Crippen molar-refractivity contribution in [3.8, 4) is 11.5 Å². The van der Waals surface area contributed by atoms with Crippen molar-refractivity contribution in [1.29, 1.82) is 0 Å². The second-order valence-corrected chi connectivity index (χ2v) is 8.00. The standard InChI is InChI=1S/C26H26FN3O5/c1-3-35-20-10-7-18(15-21(20)34-2)23-22(24(31)17-5-8-19(27)9-6-17)25(32)26(33)30(23)13-4-12-29-14-11-28-16-29/h5-11,14-16,23,31H,3-4,12-13H2,1-2H3/b24-22+/t23-/m1/s1. The van der Waals surface area contributed by atoms with Gasteiger partial charge in [-0.25, -0.2) is 9.37 Å². The molecule has 0 spiro atoms. The number of aliphatic hydroxyl groups is 1. The molecule has 2 heterocycles. The van der Waals surface area contributed by atoms with Crippen molar-refractivity contribution in [2.24, 2.45) is 0 Å². The lowest BCUT2D eigenvalue weighted by atomic mass is 9.95. The summed E-state index contributed by atoms with van der Waals surface area (Å²) in [5.41, 5.74) is 0.761. The Morgan fingerprint density at radius 1 is 1.11 bits per heavy atom. The molecular weight excluding hydrogens is 453 g/mol. The SMILES string of the molecule is CCOc1ccc([C@@H]2/C(=C(\O)c3ccc(F)cc3)C(=O)C(=O)N2CCCn2ccnc2)cc1OC. The number of ketones is 1. The molecule has 1 aliphatic heterocycles. The first-order chi connectivity index (χ1) is 16.9. The molecule has 3 aromatic rings. The summed E-state index contributed by atoms with van der Waals surface area (Å²) < 4.78 is 26.4. The van der Waals surface area contributed by atoms with Gasteiger partial charge in [0.25, 0.3) is 11.7 Å². The van der Waals surface area contributed by atoms with Crippen LogP contribution in [0.5, 0.6) is 11.5 Å². The zero-order valence-electron chi connectivity index (χ0n) is 19.5. The maximum absolute atomic E-state index is 13.5. The van der Waals surface area contributed by atoms with Gasteiger partial charge in [-0.15, -0.1) is 0 Å². The van der Waals surface area contributed by atoms with Gasteiger partial charge in [-0.05, 0) is 55.3 Å². The van der Waals surface area contributed by atoms with Crippen molar-refractivity contribution in [3.05, 3.63) is 83.7 Å². The van der Waals surface area contributed by atoms with Crippen LogP contribution >= 0.6 is 0 Å².